The lowest BCUT2D eigenvalue weighted by Crippen LogP contribution is -2.60. The van der Waals surface area contributed by atoms with Gasteiger partial charge in [-0.3, -0.25) is 14.9 Å². The highest BCUT2D eigenvalue weighted by atomic mass is 16.6. The smallest absolute Gasteiger partial charge is 0.336 e. The standard InChI is InChI=1S/C30H40N2O6/c1-18-11-10-16-29(4,5)23(18)15-14-19(2)30(6)26(28(34)38-8)25(24(20(3)31-30)27(33)37-7)21-12-9-13-22(17-21)32(35)36/h9,12-15,17,19,25-26,31H,10-11,16H2,1-8H3/b15-14+. The van der Waals surface area contributed by atoms with Crippen LogP contribution in [-0.2, 0) is 19.1 Å². The molecule has 0 bridgehead atoms. The van der Waals surface area contributed by atoms with Gasteiger partial charge in [-0.15, -0.1) is 0 Å². The first-order valence-corrected chi connectivity index (χ1v) is 13.1. The van der Waals surface area contributed by atoms with E-state index in [4.69, 9.17) is 9.47 Å². The number of ether oxygens (including phenoxy) is 2. The second-order valence-corrected chi connectivity index (χ2v) is 11.3. The quantitative estimate of drug-likeness (QED) is 0.265. The molecule has 0 spiro atoms. The summed E-state index contributed by atoms with van der Waals surface area (Å²) in [5, 5.41) is 15.0. The van der Waals surface area contributed by atoms with Gasteiger partial charge in [0.15, 0.2) is 0 Å². The van der Waals surface area contributed by atoms with E-state index in [9.17, 15) is 19.7 Å². The number of nitrogens with zero attached hydrogens (tertiary/aromatic N) is 1. The second kappa shape index (κ2) is 11.1. The normalized spacial score (nSPS) is 26.1. The molecule has 1 heterocycles. The number of methoxy groups -OCH3 is 2. The van der Waals surface area contributed by atoms with Gasteiger partial charge in [0.25, 0.3) is 5.69 Å². The van der Waals surface area contributed by atoms with Crippen LogP contribution < -0.4 is 5.32 Å². The van der Waals surface area contributed by atoms with Gasteiger partial charge < -0.3 is 14.8 Å². The maximum Gasteiger partial charge on any atom is 0.336 e. The van der Waals surface area contributed by atoms with Crippen molar-refractivity contribution in [2.24, 2.45) is 17.3 Å². The number of hydrogen-bond donors (Lipinski definition) is 1. The predicted octanol–water partition coefficient (Wildman–Crippen LogP) is 6.00. The number of nitrogens with one attached hydrogen (secondary N) is 1. The molecule has 1 aromatic rings. The van der Waals surface area contributed by atoms with Crippen molar-refractivity contribution in [2.45, 2.75) is 72.3 Å². The minimum Gasteiger partial charge on any atom is -0.469 e. The van der Waals surface area contributed by atoms with Crippen LogP contribution in [0.3, 0.4) is 0 Å². The lowest BCUT2D eigenvalue weighted by Gasteiger charge is -2.49. The third-order valence-electron chi connectivity index (χ3n) is 8.49. The molecule has 38 heavy (non-hydrogen) atoms. The average molecular weight is 525 g/mol. The fourth-order valence-electron chi connectivity index (χ4n) is 6.23. The van der Waals surface area contributed by atoms with Crippen molar-refractivity contribution in [3.8, 4) is 0 Å². The number of nitro groups is 1. The molecule has 8 nitrogen and oxygen atoms in total. The van der Waals surface area contributed by atoms with Gasteiger partial charge in [-0.25, -0.2) is 4.79 Å². The van der Waals surface area contributed by atoms with Crippen LogP contribution >= 0.6 is 0 Å². The van der Waals surface area contributed by atoms with Crippen molar-refractivity contribution in [1.82, 2.24) is 5.32 Å². The first-order valence-electron chi connectivity index (χ1n) is 13.1. The molecule has 1 aliphatic heterocycles. The Labute approximate surface area is 225 Å². The second-order valence-electron chi connectivity index (χ2n) is 11.3. The molecule has 8 heteroatoms. The number of carbonyl (C=O) groups is 2. The molecule has 0 saturated heterocycles. The zero-order valence-corrected chi connectivity index (χ0v) is 23.7. The summed E-state index contributed by atoms with van der Waals surface area (Å²) < 4.78 is 10.4. The fourth-order valence-corrected chi connectivity index (χ4v) is 6.23. The van der Waals surface area contributed by atoms with Crippen molar-refractivity contribution < 1.29 is 24.0 Å². The van der Waals surface area contributed by atoms with E-state index in [1.165, 1.54) is 43.9 Å². The van der Waals surface area contributed by atoms with Gasteiger partial charge in [0.1, 0.15) is 0 Å². The van der Waals surface area contributed by atoms with Gasteiger partial charge in [0, 0.05) is 23.7 Å². The third-order valence-corrected chi connectivity index (χ3v) is 8.49. The Morgan fingerprint density at radius 1 is 1.18 bits per heavy atom. The number of esters is 2. The molecule has 2 aliphatic rings. The van der Waals surface area contributed by atoms with Crippen LogP contribution in [0.1, 0.15) is 72.3 Å². The topological polar surface area (TPSA) is 108 Å². The van der Waals surface area contributed by atoms with Gasteiger partial charge in [0.2, 0.25) is 0 Å². The summed E-state index contributed by atoms with van der Waals surface area (Å²) in [6.45, 7) is 12.4. The molecule has 1 aromatic carbocycles. The van der Waals surface area contributed by atoms with Crippen LogP contribution in [0.25, 0.3) is 0 Å². The van der Waals surface area contributed by atoms with Crippen molar-refractivity contribution in [1.29, 1.82) is 0 Å². The fraction of sp³-hybridized carbons (Fsp3) is 0.533. The summed E-state index contributed by atoms with van der Waals surface area (Å²) >= 11 is 0. The molecule has 0 amide bonds. The van der Waals surface area contributed by atoms with Crippen molar-refractivity contribution in [2.75, 3.05) is 14.2 Å². The van der Waals surface area contributed by atoms with E-state index >= 15 is 0 Å². The Morgan fingerprint density at radius 3 is 2.45 bits per heavy atom. The maximum atomic E-state index is 13.5. The SMILES string of the molecule is COC(=O)C1=C(C)NC(C)(C(C)/C=C/C2=C(C)CCCC2(C)C)C(C(=O)OC)C1c1cccc([N+](=O)[O-])c1. The summed E-state index contributed by atoms with van der Waals surface area (Å²) in [4.78, 5) is 37.6. The molecule has 3 rings (SSSR count). The first-order chi connectivity index (χ1) is 17.8. The number of rotatable bonds is 7. The lowest BCUT2D eigenvalue weighted by molar-refractivity contribution is -0.384. The van der Waals surface area contributed by atoms with Crippen molar-refractivity contribution in [3.05, 3.63) is 74.5 Å². The minimum absolute atomic E-state index is 0.0561. The summed E-state index contributed by atoms with van der Waals surface area (Å²) in [5.41, 5.74) is 3.02. The van der Waals surface area contributed by atoms with Gasteiger partial charge in [-0.05, 0) is 62.5 Å². The predicted molar refractivity (Wildman–Crippen MR) is 146 cm³/mol. The molecule has 1 N–H and O–H groups in total. The van der Waals surface area contributed by atoms with Crippen LogP contribution in [0.15, 0.2) is 58.8 Å². The molecular weight excluding hydrogens is 484 g/mol. The number of nitro benzene ring substituents is 1. The highest BCUT2D eigenvalue weighted by Crippen LogP contribution is 2.48. The zero-order chi connectivity index (χ0) is 28.4. The largest absolute Gasteiger partial charge is 0.469 e. The molecule has 0 radical (unpaired) electrons. The average Bonchev–Trinajstić information content (AvgIpc) is 2.86. The van der Waals surface area contributed by atoms with Gasteiger partial charge >= 0.3 is 11.9 Å². The Kier molecular flexibility index (Phi) is 8.54. The Bertz CT molecular complexity index is 1210. The van der Waals surface area contributed by atoms with E-state index in [2.05, 4.69) is 38.2 Å². The van der Waals surface area contributed by atoms with Gasteiger partial charge in [0.05, 0.1) is 36.2 Å². The third kappa shape index (κ3) is 5.40. The molecule has 0 saturated carbocycles. The zero-order valence-electron chi connectivity index (χ0n) is 23.7. The molecule has 0 aromatic heterocycles. The number of hydrogen-bond acceptors (Lipinski definition) is 7. The van der Waals surface area contributed by atoms with Gasteiger partial charge in [-0.1, -0.05) is 50.6 Å². The molecular formula is C30H40N2O6. The van der Waals surface area contributed by atoms with E-state index in [1.54, 1.807) is 19.1 Å². The number of benzene rings is 1. The van der Waals surface area contributed by atoms with E-state index in [0.717, 1.165) is 12.8 Å². The number of allylic oxidation sites excluding steroid dienone is 4. The molecule has 206 valence electrons. The number of carbonyl (C=O) groups excluding carboxylic acids is 2. The van der Waals surface area contributed by atoms with Crippen LogP contribution in [0.5, 0.6) is 0 Å². The summed E-state index contributed by atoms with van der Waals surface area (Å²) in [6, 6.07) is 6.07. The Hall–Kier alpha value is -3.42. The summed E-state index contributed by atoms with van der Waals surface area (Å²) in [7, 11) is 2.59. The lowest BCUT2D eigenvalue weighted by atomic mass is 9.63. The summed E-state index contributed by atoms with van der Waals surface area (Å²) in [5.74, 6) is -2.99. The minimum atomic E-state index is -0.881. The van der Waals surface area contributed by atoms with Gasteiger partial charge in [-0.2, -0.15) is 0 Å². The molecule has 4 unspecified atom stereocenters. The Balaban J connectivity index is 2.20. The van der Waals surface area contributed by atoms with Crippen LogP contribution in [-0.4, -0.2) is 36.6 Å². The summed E-state index contributed by atoms with van der Waals surface area (Å²) in [6.07, 6.45) is 7.64. The van der Waals surface area contributed by atoms with E-state index in [0.29, 0.717) is 11.3 Å². The van der Waals surface area contributed by atoms with E-state index in [1.807, 2.05) is 13.8 Å². The highest BCUT2D eigenvalue weighted by molar-refractivity contribution is 5.93. The maximum absolute atomic E-state index is 13.5. The van der Waals surface area contributed by atoms with Crippen molar-refractivity contribution in [3.63, 3.8) is 0 Å². The monoisotopic (exact) mass is 524 g/mol. The number of non-ortho nitro benzene ring substituents is 1. The molecule has 1 aliphatic carbocycles. The van der Waals surface area contributed by atoms with Crippen LogP contribution in [0, 0.1) is 27.4 Å². The highest BCUT2D eigenvalue weighted by Gasteiger charge is 2.54. The first kappa shape index (κ1) is 29.1. The van der Waals surface area contributed by atoms with E-state index in [-0.39, 0.29) is 22.6 Å². The van der Waals surface area contributed by atoms with Crippen LogP contribution in [0.2, 0.25) is 0 Å². The Morgan fingerprint density at radius 2 is 1.87 bits per heavy atom. The van der Waals surface area contributed by atoms with Crippen molar-refractivity contribution >= 4 is 17.6 Å². The molecule has 0 fully saturated rings. The van der Waals surface area contributed by atoms with E-state index < -0.39 is 34.2 Å². The van der Waals surface area contributed by atoms with Crippen LogP contribution in [0.4, 0.5) is 5.69 Å². The molecule has 4 atom stereocenters.